The van der Waals surface area contributed by atoms with Crippen LogP contribution in [-0.4, -0.2) is 28.5 Å². The van der Waals surface area contributed by atoms with Gasteiger partial charge in [-0.1, -0.05) is 11.6 Å². The van der Waals surface area contributed by atoms with Gasteiger partial charge in [0, 0.05) is 29.6 Å². The van der Waals surface area contributed by atoms with Gasteiger partial charge in [0.25, 0.3) is 0 Å². The number of hydrogen-bond acceptors (Lipinski definition) is 4. The summed E-state index contributed by atoms with van der Waals surface area (Å²) in [5.41, 5.74) is 7.18. The van der Waals surface area contributed by atoms with E-state index in [1.54, 1.807) is 18.5 Å². The molecule has 0 aliphatic carbocycles. The number of aromatic amines is 1. The smallest absolute Gasteiger partial charge is 0.163 e. The van der Waals surface area contributed by atoms with E-state index in [-0.39, 0.29) is 6.17 Å². The lowest BCUT2D eigenvalue weighted by Gasteiger charge is -2.25. The molecule has 1 aliphatic rings. The van der Waals surface area contributed by atoms with Crippen molar-refractivity contribution < 1.29 is 4.39 Å². The molecular weight excluding hydrogens is 257 g/mol. The highest BCUT2D eigenvalue weighted by atomic mass is 35.5. The van der Waals surface area contributed by atoms with E-state index in [9.17, 15) is 4.39 Å². The van der Waals surface area contributed by atoms with Gasteiger partial charge in [-0.2, -0.15) is 0 Å². The maximum absolute atomic E-state index is 13.2. The largest absolute Gasteiger partial charge is 0.346 e. The fraction of sp³-hybridized carbons (Fsp3) is 0.273. The Hall–Kier alpha value is -1.50. The van der Waals surface area contributed by atoms with Crippen molar-refractivity contribution in [2.45, 2.75) is 18.5 Å². The quantitative estimate of drug-likeness (QED) is 0.733. The van der Waals surface area contributed by atoms with E-state index in [1.165, 1.54) is 6.21 Å². The molecule has 0 spiro atoms. The normalized spacial score (nSPS) is 27.8. The average molecular weight is 268 g/mol. The van der Waals surface area contributed by atoms with Gasteiger partial charge in [-0.05, 0) is 6.07 Å². The third-order valence-electron chi connectivity index (χ3n) is 2.90. The van der Waals surface area contributed by atoms with Gasteiger partial charge in [-0.15, -0.1) is 0 Å². The van der Waals surface area contributed by atoms with Crippen molar-refractivity contribution in [2.24, 2.45) is 10.7 Å². The highest BCUT2D eigenvalue weighted by molar-refractivity contribution is 6.31. The van der Waals surface area contributed by atoms with Crippen molar-refractivity contribution >= 4 is 28.8 Å². The van der Waals surface area contributed by atoms with Crippen LogP contribution in [0.4, 0.5) is 4.39 Å². The zero-order valence-electron chi connectivity index (χ0n) is 9.27. The first-order valence-corrected chi connectivity index (χ1v) is 5.84. The van der Waals surface area contributed by atoms with E-state index >= 15 is 0 Å². The number of pyridine rings is 1. The molecule has 4 N–H and O–H groups in total. The van der Waals surface area contributed by atoms with Gasteiger partial charge >= 0.3 is 0 Å². The van der Waals surface area contributed by atoms with E-state index in [1.807, 2.05) is 0 Å². The second-order valence-electron chi connectivity index (χ2n) is 4.13. The number of aliphatic imine (C=N–C) groups is 1. The van der Waals surface area contributed by atoms with Gasteiger partial charge in [0.2, 0.25) is 0 Å². The summed E-state index contributed by atoms with van der Waals surface area (Å²) >= 11 is 5.92. The monoisotopic (exact) mass is 267 g/mol. The van der Waals surface area contributed by atoms with Gasteiger partial charge < -0.3 is 10.7 Å². The lowest BCUT2D eigenvalue weighted by Crippen LogP contribution is -2.49. The van der Waals surface area contributed by atoms with Crippen LogP contribution in [0.3, 0.4) is 0 Å². The Bertz CT molecular complexity index is 610. The van der Waals surface area contributed by atoms with Crippen molar-refractivity contribution in [3.63, 3.8) is 0 Å². The number of H-pyrrole nitrogens is 1. The van der Waals surface area contributed by atoms with Gasteiger partial charge in [0.15, 0.2) is 6.17 Å². The minimum absolute atomic E-state index is 0.388. The number of nitrogens with zero attached hydrogens (tertiary/aromatic N) is 2. The molecule has 7 heteroatoms. The SMILES string of the molecule is NC1NC(c2c[nH]c3ncc(Cl)cc23)N=CC1F. The molecule has 2 aromatic heterocycles. The van der Waals surface area contributed by atoms with Crippen LogP contribution in [0, 0.1) is 0 Å². The lowest BCUT2D eigenvalue weighted by atomic mass is 10.1. The van der Waals surface area contributed by atoms with E-state index in [0.717, 1.165) is 10.9 Å². The predicted octanol–water partition coefficient (Wildman–Crippen LogP) is 1.51. The number of aromatic nitrogens is 2. The van der Waals surface area contributed by atoms with Crippen LogP contribution in [0.1, 0.15) is 11.7 Å². The molecule has 5 nitrogen and oxygen atoms in total. The summed E-state index contributed by atoms with van der Waals surface area (Å²) in [4.78, 5) is 11.3. The number of nitrogens with two attached hydrogens (primary N) is 1. The topological polar surface area (TPSA) is 79.1 Å². The van der Waals surface area contributed by atoms with Gasteiger partial charge in [0.1, 0.15) is 11.8 Å². The minimum atomic E-state index is -1.27. The Balaban J connectivity index is 2.04. The molecule has 0 aromatic carbocycles. The van der Waals surface area contributed by atoms with E-state index in [4.69, 9.17) is 17.3 Å². The van der Waals surface area contributed by atoms with Crippen molar-refractivity contribution in [2.75, 3.05) is 0 Å². The van der Waals surface area contributed by atoms with Crippen molar-refractivity contribution in [1.82, 2.24) is 15.3 Å². The van der Waals surface area contributed by atoms with Gasteiger partial charge in [-0.25, -0.2) is 9.37 Å². The lowest BCUT2D eigenvalue weighted by molar-refractivity contribution is 0.290. The highest BCUT2D eigenvalue weighted by Crippen LogP contribution is 2.27. The van der Waals surface area contributed by atoms with Gasteiger partial charge in [0.05, 0.1) is 11.2 Å². The Morgan fingerprint density at radius 1 is 1.44 bits per heavy atom. The van der Waals surface area contributed by atoms with Crippen LogP contribution in [-0.2, 0) is 0 Å². The molecule has 3 unspecified atom stereocenters. The molecule has 18 heavy (non-hydrogen) atoms. The summed E-state index contributed by atoms with van der Waals surface area (Å²) in [6, 6.07) is 1.79. The standard InChI is InChI=1S/C11H11ClFN5/c12-5-1-6-7(3-16-10(6)15-2-5)11-17-4-8(13)9(14)18-11/h1-4,8-9,11,18H,14H2,(H,15,16). The number of fused-ring (bicyclic) bond motifs is 1. The predicted molar refractivity (Wildman–Crippen MR) is 68.3 cm³/mol. The Morgan fingerprint density at radius 2 is 2.28 bits per heavy atom. The molecule has 3 atom stereocenters. The molecule has 0 amide bonds. The first-order valence-electron chi connectivity index (χ1n) is 5.46. The Labute approximate surface area is 107 Å². The van der Waals surface area contributed by atoms with Crippen molar-refractivity contribution in [3.05, 3.63) is 29.0 Å². The summed E-state index contributed by atoms with van der Waals surface area (Å²) in [6.45, 7) is 0. The number of alkyl halides is 1. The van der Waals surface area contributed by atoms with Crippen molar-refractivity contribution in [3.8, 4) is 0 Å². The molecule has 2 aromatic rings. The van der Waals surface area contributed by atoms with Crippen LogP contribution in [0.25, 0.3) is 11.0 Å². The molecule has 0 bridgehead atoms. The number of halogens is 2. The average Bonchev–Trinajstić information content (AvgIpc) is 2.75. The Morgan fingerprint density at radius 3 is 3.06 bits per heavy atom. The van der Waals surface area contributed by atoms with Crippen LogP contribution >= 0.6 is 11.6 Å². The van der Waals surface area contributed by atoms with Crippen LogP contribution in [0.2, 0.25) is 5.02 Å². The second kappa shape index (κ2) is 4.31. The molecule has 0 saturated heterocycles. The third kappa shape index (κ3) is 1.88. The fourth-order valence-electron chi connectivity index (χ4n) is 1.97. The molecule has 1 aliphatic heterocycles. The fourth-order valence-corrected chi connectivity index (χ4v) is 2.13. The number of hydrogen-bond donors (Lipinski definition) is 3. The highest BCUT2D eigenvalue weighted by Gasteiger charge is 2.26. The molecule has 94 valence electrons. The summed E-state index contributed by atoms with van der Waals surface area (Å²) in [6.07, 6.45) is 2.14. The maximum atomic E-state index is 13.2. The Kier molecular flexibility index (Phi) is 2.77. The number of rotatable bonds is 1. The summed E-state index contributed by atoms with van der Waals surface area (Å²) in [7, 11) is 0. The summed E-state index contributed by atoms with van der Waals surface area (Å²) in [5, 5.41) is 4.28. The van der Waals surface area contributed by atoms with Crippen molar-refractivity contribution in [1.29, 1.82) is 0 Å². The van der Waals surface area contributed by atoms with Crippen LogP contribution < -0.4 is 11.1 Å². The van der Waals surface area contributed by atoms with Crippen LogP contribution in [0.5, 0.6) is 0 Å². The molecular formula is C11H11ClFN5. The first kappa shape index (κ1) is 11.6. The molecule has 3 heterocycles. The van der Waals surface area contributed by atoms with E-state index in [0.29, 0.717) is 10.7 Å². The minimum Gasteiger partial charge on any atom is -0.346 e. The van der Waals surface area contributed by atoms with Crippen LogP contribution in [0.15, 0.2) is 23.5 Å². The van der Waals surface area contributed by atoms with E-state index in [2.05, 4.69) is 20.3 Å². The summed E-state index contributed by atoms with van der Waals surface area (Å²) < 4.78 is 13.2. The molecule has 3 rings (SSSR count). The van der Waals surface area contributed by atoms with Gasteiger partial charge in [-0.3, -0.25) is 10.3 Å². The summed E-state index contributed by atoms with van der Waals surface area (Å²) in [5.74, 6) is 0. The number of nitrogens with one attached hydrogen (secondary N) is 2. The zero-order chi connectivity index (χ0) is 12.7. The third-order valence-corrected chi connectivity index (χ3v) is 3.10. The van der Waals surface area contributed by atoms with E-state index < -0.39 is 12.3 Å². The first-order chi connectivity index (χ1) is 8.65. The maximum Gasteiger partial charge on any atom is 0.163 e. The molecule has 0 fully saturated rings. The zero-order valence-corrected chi connectivity index (χ0v) is 10.0. The second-order valence-corrected chi connectivity index (χ2v) is 4.57. The molecule has 0 saturated carbocycles. The molecule has 0 radical (unpaired) electrons.